The zero-order valence-corrected chi connectivity index (χ0v) is 10.5. The largest absolute Gasteiger partial charge is 0.302 e. The van der Waals surface area contributed by atoms with E-state index in [-0.39, 0.29) is 24.8 Å². The van der Waals surface area contributed by atoms with Crippen LogP contribution in [0.1, 0.15) is 12.1 Å². The van der Waals surface area contributed by atoms with Crippen molar-refractivity contribution in [1.82, 2.24) is 9.97 Å². The molecule has 0 aliphatic carbocycles. The van der Waals surface area contributed by atoms with Crippen molar-refractivity contribution in [3.8, 4) is 0 Å². The van der Waals surface area contributed by atoms with Gasteiger partial charge in [0.05, 0.1) is 5.75 Å². The summed E-state index contributed by atoms with van der Waals surface area (Å²) in [6.07, 6.45) is 1.52. The predicted molar refractivity (Wildman–Crippen MR) is 62.1 cm³/mol. The van der Waals surface area contributed by atoms with Gasteiger partial charge >= 0.3 is 10.2 Å². The number of amides is 1. The van der Waals surface area contributed by atoms with Crippen molar-refractivity contribution >= 4 is 22.1 Å². The Kier molecular flexibility index (Phi) is 3.29. The molecule has 0 aromatic carbocycles. The minimum Gasteiger partial charge on any atom is -0.280 e. The van der Waals surface area contributed by atoms with E-state index in [1.165, 1.54) is 11.1 Å². The summed E-state index contributed by atoms with van der Waals surface area (Å²) in [5, 5.41) is 0. The first-order chi connectivity index (χ1) is 8.35. The molecule has 6 nitrogen and oxygen atoms in total. The number of aromatic nitrogens is 2. The zero-order chi connectivity index (χ0) is 13.3. The Balaban J connectivity index is 2.15. The van der Waals surface area contributed by atoms with Crippen LogP contribution in [-0.2, 0) is 15.0 Å². The molecular weight excluding hydrogens is 261 g/mol. The van der Waals surface area contributed by atoms with Crippen LogP contribution in [0.4, 0.5) is 9.83 Å². The third-order valence-electron chi connectivity index (χ3n) is 2.66. The molecule has 0 spiro atoms. The SMILES string of the molecule is Cc1ccnc(N2CC(CS(=O)(=O)F)CC2=O)n1. The van der Waals surface area contributed by atoms with Crippen LogP contribution in [0.2, 0.25) is 0 Å². The first-order valence-corrected chi connectivity index (χ1v) is 6.93. The quantitative estimate of drug-likeness (QED) is 0.746. The number of hydrogen-bond donors (Lipinski definition) is 0. The van der Waals surface area contributed by atoms with Crippen LogP contribution in [-0.4, -0.2) is 36.6 Å². The smallest absolute Gasteiger partial charge is 0.280 e. The summed E-state index contributed by atoms with van der Waals surface area (Å²) in [4.78, 5) is 21.0. The van der Waals surface area contributed by atoms with Crippen molar-refractivity contribution in [2.24, 2.45) is 5.92 Å². The molecule has 1 aromatic heterocycles. The first-order valence-electron chi connectivity index (χ1n) is 5.37. The van der Waals surface area contributed by atoms with Gasteiger partial charge in [-0.3, -0.25) is 9.69 Å². The number of aryl methyl sites for hydroxylation is 1. The lowest BCUT2D eigenvalue weighted by molar-refractivity contribution is -0.117. The molecule has 98 valence electrons. The minimum absolute atomic E-state index is 0.000448. The fourth-order valence-electron chi connectivity index (χ4n) is 1.93. The molecule has 1 aliphatic rings. The van der Waals surface area contributed by atoms with E-state index in [2.05, 4.69) is 9.97 Å². The topological polar surface area (TPSA) is 80.2 Å². The van der Waals surface area contributed by atoms with E-state index in [1.807, 2.05) is 0 Å². The summed E-state index contributed by atoms with van der Waals surface area (Å²) in [6.45, 7) is 1.89. The highest BCUT2D eigenvalue weighted by molar-refractivity contribution is 7.86. The molecule has 1 atom stereocenters. The molecule has 2 rings (SSSR count). The minimum atomic E-state index is -4.56. The van der Waals surface area contributed by atoms with Crippen LogP contribution in [0.15, 0.2) is 12.3 Å². The third-order valence-corrected chi connectivity index (χ3v) is 3.53. The first kappa shape index (κ1) is 12.9. The summed E-state index contributed by atoms with van der Waals surface area (Å²) >= 11 is 0. The maximum Gasteiger partial charge on any atom is 0.302 e. The Bertz CT molecular complexity index is 575. The Morgan fingerprint density at radius 2 is 2.28 bits per heavy atom. The van der Waals surface area contributed by atoms with Crippen LogP contribution < -0.4 is 4.90 Å². The summed E-state index contributed by atoms with van der Waals surface area (Å²) in [6, 6.07) is 1.69. The molecule has 1 unspecified atom stereocenters. The number of hydrogen-bond acceptors (Lipinski definition) is 5. The van der Waals surface area contributed by atoms with Gasteiger partial charge in [0, 0.05) is 30.8 Å². The van der Waals surface area contributed by atoms with Crippen molar-refractivity contribution in [3.63, 3.8) is 0 Å². The van der Waals surface area contributed by atoms with Gasteiger partial charge in [0.1, 0.15) is 0 Å². The third kappa shape index (κ3) is 3.00. The van der Waals surface area contributed by atoms with Crippen LogP contribution in [0, 0.1) is 12.8 Å². The summed E-state index contributed by atoms with van der Waals surface area (Å²) < 4.78 is 33.7. The highest BCUT2D eigenvalue weighted by Gasteiger charge is 2.34. The second-order valence-electron chi connectivity index (χ2n) is 4.28. The number of nitrogens with zero attached hydrogens (tertiary/aromatic N) is 3. The predicted octanol–water partition coefficient (Wildman–Crippen LogP) is 0.437. The van der Waals surface area contributed by atoms with Gasteiger partial charge in [-0.25, -0.2) is 9.97 Å². The van der Waals surface area contributed by atoms with E-state index in [9.17, 15) is 17.1 Å². The second-order valence-corrected chi connectivity index (χ2v) is 5.69. The number of carbonyl (C=O) groups excluding carboxylic acids is 1. The van der Waals surface area contributed by atoms with Crippen molar-refractivity contribution in [2.75, 3.05) is 17.2 Å². The zero-order valence-electron chi connectivity index (χ0n) is 9.71. The molecule has 0 radical (unpaired) electrons. The van der Waals surface area contributed by atoms with Crippen molar-refractivity contribution < 1.29 is 17.1 Å². The molecule has 18 heavy (non-hydrogen) atoms. The van der Waals surface area contributed by atoms with Gasteiger partial charge in [-0.1, -0.05) is 0 Å². The van der Waals surface area contributed by atoms with E-state index in [1.54, 1.807) is 13.0 Å². The number of carbonyl (C=O) groups is 1. The molecule has 0 bridgehead atoms. The maximum atomic E-state index is 12.6. The summed E-state index contributed by atoms with van der Waals surface area (Å²) in [5.41, 5.74) is 0.703. The monoisotopic (exact) mass is 273 g/mol. The standard InChI is InChI=1S/C10H12FN3O3S/c1-7-2-3-12-10(13-7)14-5-8(4-9(14)15)6-18(11,16)17/h2-3,8H,4-6H2,1H3. The van der Waals surface area contributed by atoms with Crippen molar-refractivity contribution in [1.29, 1.82) is 0 Å². The Hall–Kier alpha value is -1.57. The summed E-state index contributed by atoms with van der Waals surface area (Å²) in [7, 11) is -4.56. The number of rotatable bonds is 3. The second kappa shape index (κ2) is 4.60. The molecule has 0 N–H and O–H groups in total. The van der Waals surface area contributed by atoms with Gasteiger partial charge in [0.15, 0.2) is 0 Å². The Morgan fingerprint density at radius 1 is 1.56 bits per heavy atom. The molecule has 2 heterocycles. The van der Waals surface area contributed by atoms with Gasteiger partial charge in [-0.05, 0) is 13.0 Å². The molecule has 1 aliphatic heterocycles. The van der Waals surface area contributed by atoms with Crippen LogP contribution >= 0.6 is 0 Å². The molecular formula is C10H12FN3O3S. The fraction of sp³-hybridized carbons (Fsp3) is 0.500. The van der Waals surface area contributed by atoms with Gasteiger partial charge in [-0.2, -0.15) is 8.42 Å². The molecule has 0 saturated carbocycles. The highest BCUT2D eigenvalue weighted by atomic mass is 32.3. The van der Waals surface area contributed by atoms with Gasteiger partial charge in [0.25, 0.3) is 0 Å². The van der Waals surface area contributed by atoms with Crippen molar-refractivity contribution in [2.45, 2.75) is 13.3 Å². The van der Waals surface area contributed by atoms with E-state index < -0.39 is 21.9 Å². The van der Waals surface area contributed by atoms with Crippen LogP contribution in [0.5, 0.6) is 0 Å². The molecule has 8 heteroatoms. The maximum absolute atomic E-state index is 12.6. The van der Waals surface area contributed by atoms with E-state index in [4.69, 9.17) is 0 Å². The molecule has 1 aromatic rings. The van der Waals surface area contributed by atoms with E-state index in [0.717, 1.165) is 0 Å². The van der Waals surface area contributed by atoms with Gasteiger partial charge in [0.2, 0.25) is 11.9 Å². The lowest BCUT2D eigenvalue weighted by Crippen LogP contribution is -2.27. The molecule has 1 amide bonds. The fourth-order valence-corrected chi connectivity index (χ4v) is 2.72. The Morgan fingerprint density at radius 3 is 2.89 bits per heavy atom. The Labute approximate surface area is 104 Å². The highest BCUT2D eigenvalue weighted by Crippen LogP contribution is 2.23. The van der Waals surface area contributed by atoms with Crippen LogP contribution in [0.3, 0.4) is 0 Å². The molecule has 1 fully saturated rings. The normalized spacial score (nSPS) is 20.4. The number of halogens is 1. The number of anilines is 1. The van der Waals surface area contributed by atoms with E-state index >= 15 is 0 Å². The molecule has 1 saturated heterocycles. The lowest BCUT2D eigenvalue weighted by Gasteiger charge is -2.13. The average molecular weight is 273 g/mol. The average Bonchev–Trinajstić information content (AvgIpc) is 2.56. The lowest BCUT2D eigenvalue weighted by atomic mass is 10.1. The summed E-state index contributed by atoms with van der Waals surface area (Å²) in [5.74, 6) is -1.23. The van der Waals surface area contributed by atoms with Crippen molar-refractivity contribution in [3.05, 3.63) is 18.0 Å². The van der Waals surface area contributed by atoms with Gasteiger partial charge in [-0.15, -0.1) is 3.89 Å². The van der Waals surface area contributed by atoms with Crippen LogP contribution in [0.25, 0.3) is 0 Å². The van der Waals surface area contributed by atoms with E-state index in [0.29, 0.717) is 5.69 Å². The van der Waals surface area contributed by atoms with Gasteiger partial charge < -0.3 is 0 Å².